The normalized spacial score (nSPS) is 16.3. The molecule has 3 aromatic rings. The van der Waals surface area contributed by atoms with E-state index < -0.39 is 0 Å². The van der Waals surface area contributed by atoms with Gasteiger partial charge in [-0.15, -0.1) is 11.3 Å². The molecule has 0 radical (unpaired) electrons. The van der Waals surface area contributed by atoms with Gasteiger partial charge in [0.1, 0.15) is 18.0 Å². The van der Waals surface area contributed by atoms with Gasteiger partial charge in [-0.05, 0) is 31.2 Å². The molecule has 1 aliphatic rings. The van der Waals surface area contributed by atoms with Crippen molar-refractivity contribution in [3.63, 3.8) is 0 Å². The van der Waals surface area contributed by atoms with Crippen molar-refractivity contribution in [1.82, 2.24) is 24.7 Å². The van der Waals surface area contributed by atoms with Crippen LogP contribution in [0.5, 0.6) is 0 Å². The van der Waals surface area contributed by atoms with Gasteiger partial charge in [0.15, 0.2) is 0 Å². The third-order valence-corrected chi connectivity index (χ3v) is 5.39. The van der Waals surface area contributed by atoms with Crippen LogP contribution in [0.15, 0.2) is 22.6 Å². The molecule has 1 saturated heterocycles. The van der Waals surface area contributed by atoms with E-state index in [4.69, 9.17) is 0 Å². The number of nitrogens with one attached hydrogen (secondary N) is 1. The SMILES string of the molecule is CCn1c(C2CCN(c3ncnc4ccsc34)CC2)n[nH]c1=O. The van der Waals surface area contributed by atoms with E-state index in [9.17, 15) is 4.79 Å². The van der Waals surface area contributed by atoms with Crippen LogP contribution in [0, 0.1) is 0 Å². The predicted molar refractivity (Wildman–Crippen MR) is 90.1 cm³/mol. The minimum Gasteiger partial charge on any atom is -0.355 e. The van der Waals surface area contributed by atoms with Gasteiger partial charge < -0.3 is 4.90 Å². The molecule has 1 N–H and O–H groups in total. The number of aromatic nitrogens is 5. The molecule has 120 valence electrons. The van der Waals surface area contributed by atoms with Crippen molar-refractivity contribution in [2.75, 3.05) is 18.0 Å². The Morgan fingerprint density at radius 1 is 1.35 bits per heavy atom. The Morgan fingerprint density at radius 2 is 2.17 bits per heavy atom. The minimum atomic E-state index is -0.110. The largest absolute Gasteiger partial charge is 0.355 e. The monoisotopic (exact) mass is 330 g/mol. The van der Waals surface area contributed by atoms with Crippen LogP contribution >= 0.6 is 11.3 Å². The van der Waals surface area contributed by atoms with Gasteiger partial charge in [-0.25, -0.2) is 19.9 Å². The van der Waals surface area contributed by atoms with Crippen molar-refractivity contribution in [3.8, 4) is 0 Å². The quantitative estimate of drug-likeness (QED) is 0.794. The first-order chi connectivity index (χ1) is 11.3. The first kappa shape index (κ1) is 14.4. The molecule has 7 nitrogen and oxygen atoms in total. The zero-order valence-electron chi connectivity index (χ0n) is 12.9. The number of aromatic amines is 1. The summed E-state index contributed by atoms with van der Waals surface area (Å²) in [6.45, 7) is 4.47. The summed E-state index contributed by atoms with van der Waals surface area (Å²) >= 11 is 1.68. The summed E-state index contributed by atoms with van der Waals surface area (Å²) in [4.78, 5) is 22.8. The average Bonchev–Trinajstić information content (AvgIpc) is 3.20. The zero-order valence-corrected chi connectivity index (χ0v) is 13.7. The Hall–Kier alpha value is -2.22. The van der Waals surface area contributed by atoms with Crippen molar-refractivity contribution in [2.24, 2.45) is 0 Å². The summed E-state index contributed by atoms with van der Waals surface area (Å²) in [5, 5.41) is 8.86. The molecule has 4 rings (SSSR count). The zero-order chi connectivity index (χ0) is 15.8. The van der Waals surface area contributed by atoms with Gasteiger partial charge in [0.25, 0.3) is 0 Å². The van der Waals surface area contributed by atoms with Gasteiger partial charge in [-0.2, -0.15) is 5.10 Å². The van der Waals surface area contributed by atoms with Crippen molar-refractivity contribution < 1.29 is 0 Å². The Kier molecular flexibility index (Phi) is 3.60. The predicted octanol–water partition coefficient (Wildman–Crippen LogP) is 1.98. The van der Waals surface area contributed by atoms with Crippen LogP contribution in [0.2, 0.25) is 0 Å². The topological polar surface area (TPSA) is 79.7 Å². The van der Waals surface area contributed by atoms with Crippen LogP contribution in [0.3, 0.4) is 0 Å². The van der Waals surface area contributed by atoms with Crippen molar-refractivity contribution in [2.45, 2.75) is 32.2 Å². The lowest BCUT2D eigenvalue weighted by atomic mass is 9.96. The molecular formula is C15H18N6OS. The Balaban J connectivity index is 1.55. The van der Waals surface area contributed by atoms with Crippen LogP contribution in [0.4, 0.5) is 5.82 Å². The van der Waals surface area contributed by atoms with Crippen molar-refractivity contribution >= 4 is 27.4 Å². The van der Waals surface area contributed by atoms with E-state index >= 15 is 0 Å². The van der Waals surface area contributed by atoms with Crippen LogP contribution in [0.25, 0.3) is 10.2 Å². The summed E-state index contributed by atoms with van der Waals surface area (Å²) in [6.07, 6.45) is 3.58. The molecule has 4 heterocycles. The lowest BCUT2D eigenvalue weighted by Gasteiger charge is -2.32. The summed E-state index contributed by atoms with van der Waals surface area (Å²) in [6, 6.07) is 2.03. The van der Waals surface area contributed by atoms with E-state index in [0.29, 0.717) is 12.5 Å². The molecule has 23 heavy (non-hydrogen) atoms. The second-order valence-corrected chi connectivity index (χ2v) is 6.64. The fourth-order valence-electron chi connectivity index (χ4n) is 3.30. The van der Waals surface area contributed by atoms with Crippen molar-refractivity contribution in [1.29, 1.82) is 0 Å². The van der Waals surface area contributed by atoms with Gasteiger partial charge in [-0.3, -0.25) is 4.57 Å². The van der Waals surface area contributed by atoms with Crippen LogP contribution in [0.1, 0.15) is 31.5 Å². The Labute approximate surface area is 137 Å². The lowest BCUT2D eigenvalue weighted by molar-refractivity contribution is 0.464. The molecule has 0 aliphatic carbocycles. The number of nitrogens with zero attached hydrogens (tertiary/aromatic N) is 5. The van der Waals surface area contributed by atoms with Gasteiger partial charge >= 0.3 is 5.69 Å². The van der Waals surface area contributed by atoms with E-state index in [1.54, 1.807) is 22.2 Å². The van der Waals surface area contributed by atoms with Crippen LogP contribution in [-0.2, 0) is 6.54 Å². The molecule has 0 amide bonds. The standard InChI is InChI=1S/C15H18N6OS/c1-2-21-13(18-19-15(21)22)10-3-6-20(7-4-10)14-12-11(5-8-23-12)16-9-17-14/h5,8-10H,2-4,6-7H2,1H3,(H,19,22). The number of thiophene rings is 1. The fraction of sp³-hybridized carbons (Fsp3) is 0.467. The summed E-state index contributed by atoms with van der Waals surface area (Å²) in [5.41, 5.74) is 0.898. The maximum Gasteiger partial charge on any atom is 0.343 e. The Bertz CT molecular complexity index is 873. The smallest absolute Gasteiger partial charge is 0.343 e. The molecule has 0 spiro atoms. The average molecular weight is 330 g/mol. The number of fused-ring (bicyclic) bond motifs is 1. The highest BCUT2D eigenvalue weighted by Crippen LogP contribution is 2.33. The van der Waals surface area contributed by atoms with E-state index in [2.05, 4.69) is 30.4 Å². The summed E-state index contributed by atoms with van der Waals surface area (Å²) in [7, 11) is 0. The van der Waals surface area contributed by atoms with Crippen molar-refractivity contribution in [3.05, 3.63) is 34.1 Å². The summed E-state index contributed by atoms with van der Waals surface area (Å²) < 4.78 is 2.89. The molecule has 0 saturated carbocycles. The second-order valence-electron chi connectivity index (χ2n) is 5.72. The minimum absolute atomic E-state index is 0.110. The molecule has 8 heteroatoms. The van der Waals surface area contributed by atoms with Gasteiger partial charge in [0.05, 0.1) is 10.2 Å². The molecule has 1 aliphatic heterocycles. The third-order valence-electron chi connectivity index (χ3n) is 4.49. The van der Waals surface area contributed by atoms with E-state index in [-0.39, 0.29) is 5.69 Å². The lowest BCUT2D eigenvalue weighted by Crippen LogP contribution is -2.34. The van der Waals surface area contributed by atoms with E-state index in [0.717, 1.165) is 47.8 Å². The molecule has 0 unspecified atom stereocenters. The second kappa shape index (κ2) is 5.77. The van der Waals surface area contributed by atoms with E-state index in [1.165, 1.54) is 0 Å². The maximum atomic E-state index is 11.7. The van der Waals surface area contributed by atoms with Gasteiger partial charge in [-0.1, -0.05) is 0 Å². The first-order valence-electron chi connectivity index (χ1n) is 7.86. The highest BCUT2D eigenvalue weighted by Gasteiger charge is 2.26. The van der Waals surface area contributed by atoms with Gasteiger partial charge in [0.2, 0.25) is 0 Å². The molecule has 0 aromatic carbocycles. The third kappa shape index (κ3) is 2.42. The highest BCUT2D eigenvalue weighted by atomic mass is 32.1. The number of H-pyrrole nitrogens is 1. The summed E-state index contributed by atoms with van der Waals surface area (Å²) in [5.74, 6) is 2.24. The molecule has 0 bridgehead atoms. The van der Waals surface area contributed by atoms with Gasteiger partial charge in [0, 0.05) is 25.6 Å². The molecule has 1 fully saturated rings. The van der Waals surface area contributed by atoms with Crippen LogP contribution < -0.4 is 10.6 Å². The molecule has 0 atom stereocenters. The highest BCUT2D eigenvalue weighted by molar-refractivity contribution is 7.17. The fourth-order valence-corrected chi connectivity index (χ4v) is 4.16. The first-order valence-corrected chi connectivity index (χ1v) is 8.74. The maximum absolute atomic E-state index is 11.7. The number of hydrogen-bond donors (Lipinski definition) is 1. The molecule has 3 aromatic heterocycles. The number of hydrogen-bond acceptors (Lipinski definition) is 6. The number of rotatable bonds is 3. The van der Waals surface area contributed by atoms with Crippen LogP contribution in [-0.4, -0.2) is 37.8 Å². The Morgan fingerprint density at radius 3 is 2.96 bits per heavy atom. The molecular weight excluding hydrogens is 312 g/mol. The number of anilines is 1. The number of piperidine rings is 1. The van der Waals surface area contributed by atoms with E-state index in [1.807, 2.05) is 13.0 Å².